The molecule has 2 aromatic rings. The Bertz CT molecular complexity index is 927. The lowest BCUT2D eigenvalue weighted by molar-refractivity contribution is -0.697. The van der Waals surface area contributed by atoms with E-state index >= 15 is 0 Å². The summed E-state index contributed by atoms with van der Waals surface area (Å²) < 4.78 is 4.77. The van der Waals surface area contributed by atoms with Gasteiger partial charge in [0, 0.05) is 46.9 Å². The molecule has 0 aliphatic rings. The van der Waals surface area contributed by atoms with E-state index in [0.717, 1.165) is 0 Å². The van der Waals surface area contributed by atoms with Crippen LogP contribution in [-0.4, -0.2) is 11.5 Å². The molecule has 304 valence electrons. The summed E-state index contributed by atoms with van der Waals surface area (Å²) in [6.45, 7) is 6.96. The van der Waals surface area contributed by atoms with E-state index in [1.54, 1.807) is 0 Å². The summed E-state index contributed by atoms with van der Waals surface area (Å²) in [4.78, 5) is 2.88. The van der Waals surface area contributed by atoms with E-state index in [1.165, 1.54) is 246 Å². The maximum atomic E-state index is 2.39. The van der Waals surface area contributed by atoms with Gasteiger partial charge < -0.3 is 0 Å². The quantitative estimate of drug-likeness (QED) is 0.0379. The van der Waals surface area contributed by atoms with Gasteiger partial charge in [-0.1, -0.05) is 187 Å². The highest BCUT2D eigenvalue weighted by molar-refractivity contribution is 7.99. The summed E-state index contributed by atoms with van der Waals surface area (Å²) in [5, 5.41) is 0. The third-order valence-corrected chi connectivity index (χ3v) is 13.3. The van der Waals surface area contributed by atoms with Crippen LogP contribution in [0.25, 0.3) is 0 Å². The number of rotatable bonds is 40. The first-order valence-corrected chi connectivity index (χ1v) is 25.5. The van der Waals surface area contributed by atoms with Gasteiger partial charge in [0.15, 0.2) is 24.8 Å². The van der Waals surface area contributed by atoms with E-state index in [2.05, 4.69) is 72.0 Å². The zero-order valence-electron chi connectivity index (χ0n) is 35.5. The van der Waals surface area contributed by atoms with Crippen LogP contribution in [0.5, 0.6) is 0 Å². The van der Waals surface area contributed by atoms with Crippen LogP contribution in [0.3, 0.4) is 0 Å². The molecule has 0 aliphatic heterocycles. The van der Waals surface area contributed by atoms with Crippen LogP contribution in [0.2, 0.25) is 0 Å². The molecule has 0 aliphatic carbocycles. The van der Waals surface area contributed by atoms with Gasteiger partial charge in [-0.2, -0.15) is 0 Å². The van der Waals surface area contributed by atoms with Crippen molar-refractivity contribution in [1.82, 2.24) is 0 Å². The third-order valence-electron chi connectivity index (χ3n) is 11.1. The zero-order valence-corrected chi connectivity index (χ0v) is 37.1. The second-order valence-electron chi connectivity index (χ2n) is 16.2. The SMILES string of the molecule is CCCCCCCCCCCCCC[n+]1ccc(SCCCCCCCCCCCSc2cc[n+](CCCCCCCCCCCCCC)cc2)cc1. The lowest BCUT2D eigenvalue weighted by Gasteiger charge is -2.04. The molecular formula is C49H88N2S2+2. The maximum absolute atomic E-state index is 2.39. The molecule has 2 aromatic heterocycles. The number of nitrogens with zero attached hydrogens (tertiary/aromatic N) is 2. The van der Waals surface area contributed by atoms with Crippen molar-refractivity contribution in [2.75, 3.05) is 11.5 Å². The molecule has 0 N–H and O–H groups in total. The highest BCUT2D eigenvalue weighted by Gasteiger charge is 2.04. The fourth-order valence-electron chi connectivity index (χ4n) is 7.47. The van der Waals surface area contributed by atoms with Crippen molar-refractivity contribution in [3.63, 3.8) is 0 Å². The lowest BCUT2D eigenvalue weighted by Crippen LogP contribution is -2.32. The number of pyridine rings is 2. The normalized spacial score (nSPS) is 11.5. The second-order valence-corrected chi connectivity index (χ2v) is 18.5. The van der Waals surface area contributed by atoms with Crippen LogP contribution < -0.4 is 9.13 Å². The van der Waals surface area contributed by atoms with Gasteiger partial charge in [-0.3, -0.25) is 0 Å². The maximum Gasteiger partial charge on any atom is 0.169 e. The Hall–Kier alpha value is -1.00. The average Bonchev–Trinajstić information content (AvgIpc) is 3.18. The van der Waals surface area contributed by atoms with Crippen molar-refractivity contribution in [2.45, 2.75) is 249 Å². The Kier molecular flexibility index (Phi) is 34.4. The molecule has 2 nitrogen and oxygen atoms in total. The van der Waals surface area contributed by atoms with Gasteiger partial charge in [-0.05, 0) is 37.2 Å². The highest BCUT2D eigenvalue weighted by atomic mass is 32.2. The van der Waals surface area contributed by atoms with Crippen molar-refractivity contribution in [2.24, 2.45) is 0 Å². The second kappa shape index (κ2) is 37.9. The fraction of sp³-hybridized carbons (Fsp3) is 0.796. The van der Waals surface area contributed by atoms with Crippen LogP contribution in [0.15, 0.2) is 58.8 Å². The molecular weight excluding hydrogens is 681 g/mol. The minimum atomic E-state index is 1.18. The van der Waals surface area contributed by atoms with Crippen molar-refractivity contribution in [1.29, 1.82) is 0 Å². The number of hydrogen-bond donors (Lipinski definition) is 0. The molecule has 0 saturated carbocycles. The molecule has 0 unspecified atom stereocenters. The summed E-state index contributed by atoms with van der Waals surface area (Å²) in [5.74, 6) is 2.53. The Morgan fingerprint density at radius 3 is 0.792 bits per heavy atom. The summed E-state index contributed by atoms with van der Waals surface area (Å²) in [5.41, 5.74) is 0. The third kappa shape index (κ3) is 30.9. The average molecular weight is 769 g/mol. The number of hydrogen-bond acceptors (Lipinski definition) is 2. The van der Waals surface area contributed by atoms with Gasteiger partial charge in [0.1, 0.15) is 13.1 Å². The minimum absolute atomic E-state index is 1.18. The first-order chi connectivity index (χ1) is 26.3. The zero-order chi connectivity index (χ0) is 37.5. The van der Waals surface area contributed by atoms with Gasteiger partial charge >= 0.3 is 0 Å². The van der Waals surface area contributed by atoms with Crippen LogP contribution >= 0.6 is 23.5 Å². The number of unbranched alkanes of at least 4 members (excludes halogenated alkanes) is 30. The van der Waals surface area contributed by atoms with Crippen molar-refractivity contribution < 1.29 is 9.13 Å². The molecule has 4 heteroatoms. The highest BCUT2D eigenvalue weighted by Crippen LogP contribution is 2.21. The van der Waals surface area contributed by atoms with E-state index in [0.29, 0.717) is 0 Å². The molecule has 53 heavy (non-hydrogen) atoms. The number of thioether (sulfide) groups is 2. The van der Waals surface area contributed by atoms with Crippen LogP contribution in [0, 0.1) is 0 Å². The first-order valence-electron chi connectivity index (χ1n) is 23.6. The van der Waals surface area contributed by atoms with Gasteiger partial charge in [0.25, 0.3) is 0 Å². The molecule has 0 aromatic carbocycles. The smallest absolute Gasteiger partial charge is 0.169 e. The minimum Gasteiger partial charge on any atom is -0.205 e. The monoisotopic (exact) mass is 769 g/mol. The molecule has 0 spiro atoms. The topological polar surface area (TPSA) is 7.76 Å². The van der Waals surface area contributed by atoms with Crippen molar-refractivity contribution in [3.8, 4) is 0 Å². The van der Waals surface area contributed by atoms with E-state index in [4.69, 9.17) is 0 Å². The largest absolute Gasteiger partial charge is 0.205 e. The molecule has 0 amide bonds. The molecule has 2 heterocycles. The summed E-state index contributed by atoms with van der Waals surface area (Å²) in [6.07, 6.45) is 55.9. The van der Waals surface area contributed by atoms with Gasteiger partial charge in [-0.15, -0.1) is 23.5 Å². The summed E-state index contributed by atoms with van der Waals surface area (Å²) in [6, 6.07) is 9.33. The van der Waals surface area contributed by atoms with Gasteiger partial charge in [0.2, 0.25) is 0 Å². The standard InChI is InChI=1S/C49H88N2S2/c1-3-5-7-9-11-13-15-17-20-24-28-32-40-50-42-36-48(37-43-50)52-46-34-30-26-22-19-23-27-31-35-47-53-49-38-44-51(45-39-49)41-33-29-25-21-18-16-14-12-10-8-6-4-2/h36-39,42-45H,3-35,40-41,46-47H2,1-2H3/q+2. The van der Waals surface area contributed by atoms with Gasteiger partial charge in [0.05, 0.1) is 0 Å². The lowest BCUT2D eigenvalue weighted by atomic mass is 10.1. The Labute approximate surface area is 340 Å². The molecule has 0 saturated heterocycles. The Morgan fingerprint density at radius 2 is 0.528 bits per heavy atom. The van der Waals surface area contributed by atoms with Crippen molar-refractivity contribution in [3.05, 3.63) is 49.1 Å². The summed E-state index contributed by atoms with van der Waals surface area (Å²) >= 11 is 4.09. The molecule has 0 radical (unpaired) electrons. The molecule has 0 atom stereocenters. The van der Waals surface area contributed by atoms with E-state index < -0.39 is 0 Å². The first kappa shape index (κ1) is 48.1. The van der Waals surface area contributed by atoms with Crippen LogP contribution in [-0.2, 0) is 13.1 Å². The Balaban J connectivity index is 1.30. The van der Waals surface area contributed by atoms with E-state index in [1.807, 2.05) is 23.5 Å². The molecule has 0 fully saturated rings. The van der Waals surface area contributed by atoms with Crippen LogP contribution in [0.1, 0.15) is 226 Å². The number of aryl methyl sites for hydroxylation is 2. The Morgan fingerprint density at radius 1 is 0.302 bits per heavy atom. The predicted molar refractivity (Wildman–Crippen MR) is 238 cm³/mol. The fourth-order valence-corrected chi connectivity index (χ4v) is 9.27. The summed E-state index contributed by atoms with van der Waals surface area (Å²) in [7, 11) is 0. The number of aromatic nitrogens is 2. The van der Waals surface area contributed by atoms with E-state index in [9.17, 15) is 0 Å². The van der Waals surface area contributed by atoms with Gasteiger partial charge in [-0.25, -0.2) is 9.13 Å². The molecule has 2 rings (SSSR count). The predicted octanol–water partition coefficient (Wildman–Crippen LogP) is 16.1. The van der Waals surface area contributed by atoms with E-state index in [-0.39, 0.29) is 0 Å². The van der Waals surface area contributed by atoms with Crippen molar-refractivity contribution >= 4 is 23.5 Å². The molecule has 0 bridgehead atoms. The van der Waals surface area contributed by atoms with Crippen LogP contribution in [0.4, 0.5) is 0 Å².